The Bertz CT molecular complexity index is 635. The van der Waals surface area contributed by atoms with Crippen molar-refractivity contribution in [2.45, 2.75) is 27.4 Å². The Kier molecular flexibility index (Phi) is 4.14. The quantitative estimate of drug-likeness (QED) is 0.904. The number of carboxylic acids is 1. The number of hydrogen-bond acceptors (Lipinski definition) is 4. The van der Waals surface area contributed by atoms with Gasteiger partial charge < -0.3 is 9.84 Å². The maximum absolute atomic E-state index is 11.2. The highest BCUT2D eigenvalue weighted by Crippen LogP contribution is 2.17. The van der Waals surface area contributed by atoms with Gasteiger partial charge in [0, 0.05) is 6.61 Å². The Labute approximate surface area is 117 Å². The fourth-order valence-corrected chi connectivity index (χ4v) is 1.86. The van der Waals surface area contributed by atoms with E-state index in [4.69, 9.17) is 9.84 Å². The van der Waals surface area contributed by atoms with Gasteiger partial charge in [-0.05, 0) is 44.0 Å². The lowest BCUT2D eigenvalue weighted by molar-refractivity contribution is 0.0681. The van der Waals surface area contributed by atoms with E-state index in [0.29, 0.717) is 12.3 Å². The van der Waals surface area contributed by atoms with Crippen molar-refractivity contribution in [3.8, 4) is 5.69 Å². The second-order valence-corrected chi connectivity index (χ2v) is 4.51. The fraction of sp³-hybridized carbons (Fsp3) is 0.357. The third-order valence-electron chi connectivity index (χ3n) is 3.14. The first-order valence-corrected chi connectivity index (χ1v) is 6.37. The van der Waals surface area contributed by atoms with Crippen LogP contribution >= 0.6 is 0 Å². The number of benzene rings is 1. The molecule has 0 unspecified atom stereocenters. The van der Waals surface area contributed by atoms with Crippen LogP contribution in [0, 0.1) is 13.8 Å². The molecule has 0 amide bonds. The molecule has 2 rings (SSSR count). The van der Waals surface area contributed by atoms with Gasteiger partial charge in [-0.15, -0.1) is 5.10 Å². The minimum Gasteiger partial charge on any atom is -0.476 e. The van der Waals surface area contributed by atoms with Crippen molar-refractivity contribution >= 4 is 5.97 Å². The van der Waals surface area contributed by atoms with E-state index in [1.165, 1.54) is 10.2 Å². The topological polar surface area (TPSA) is 77.2 Å². The Morgan fingerprint density at radius 3 is 2.70 bits per heavy atom. The van der Waals surface area contributed by atoms with Crippen LogP contribution in [0.4, 0.5) is 0 Å². The molecule has 6 heteroatoms. The zero-order valence-electron chi connectivity index (χ0n) is 11.8. The third kappa shape index (κ3) is 2.70. The van der Waals surface area contributed by atoms with Gasteiger partial charge in [0.2, 0.25) is 0 Å². The molecule has 1 N–H and O–H groups in total. The average molecular weight is 275 g/mol. The summed E-state index contributed by atoms with van der Waals surface area (Å²) in [7, 11) is 0. The number of aromatic carboxylic acids is 1. The van der Waals surface area contributed by atoms with Crippen molar-refractivity contribution in [2.24, 2.45) is 0 Å². The SMILES string of the molecule is CCOCc1c(C(=O)O)nnn1-c1ccc(C)c(C)c1. The first-order chi connectivity index (χ1) is 9.54. The lowest BCUT2D eigenvalue weighted by Gasteiger charge is -2.09. The number of nitrogens with zero attached hydrogens (tertiary/aromatic N) is 3. The highest BCUT2D eigenvalue weighted by Gasteiger charge is 2.20. The molecule has 0 aliphatic rings. The molecule has 0 aliphatic heterocycles. The van der Waals surface area contributed by atoms with E-state index in [9.17, 15) is 4.79 Å². The van der Waals surface area contributed by atoms with Crippen molar-refractivity contribution in [3.05, 3.63) is 40.7 Å². The van der Waals surface area contributed by atoms with Gasteiger partial charge in [0.25, 0.3) is 0 Å². The summed E-state index contributed by atoms with van der Waals surface area (Å²) in [6.45, 7) is 6.53. The molecular formula is C14H17N3O3. The van der Waals surface area contributed by atoms with Gasteiger partial charge in [0.15, 0.2) is 5.69 Å². The van der Waals surface area contributed by atoms with Crippen molar-refractivity contribution in [1.82, 2.24) is 15.0 Å². The lowest BCUT2D eigenvalue weighted by atomic mass is 10.1. The average Bonchev–Trinajstić information content (AvgIpc) is 2.83. The lowest BCUT2D eigenvalue weighted by Crippen LogP contribution is -2.09. The zero-order chi connectivity index (χ0) is 14.7. The summed E-state index contributed by atoms with van der Waals surface area (Å²) in [5.74, 6) is -1.10. The molecule has 106 valence electrons. The summed E-state index contributed by atoms with van der Waals surface area (Å²) < 4.78 is 6.84. The van der Waals surface area contributed by atoms with Crippen molar-refractivity contribution in [2.75, 3.05) is 6.61 Å². The van der Waals surface area contributed by atoms with Gasteiger partial charge in [-0.1, -0.05) is 11.3 Å². The molecule has 0 atom stereocenters. The first kappa shape index (κ1) is 14.2. The van der Waals surface area contributed by atoms with Crippen LogP contribution in [0.25, 0.3) is 5.69 Å². The number of aromatic nitrogens is 3. The Morgan fingerprint density at radius 1 is 1.35 bits per heavy atom. The van der Waals surface area contributed by atoms with Crippen LogP contribution in [-0.2, 0) is 11.3 Å². The molecule has 0 bridgehead atoms. The molecule has 2 aromatic rings. The molecule has 0 radical (unpaired) electrons. The summed E-state index contributed by atoms with van der Waals surface area (Å²) in [6, 6.07) is 5.81. The van der Waals surface area contributed by atoms with Gasteiger partial charge in [-0.2, -0.15) is 0 Å². The van der Waals surface area contributed by atoms with E-state index in [0.717, 1.165) is 11.3 Å². The fourth-order valence-electron chi connectivity index (χ4n) is 1.86. The van der Waals surface area contributed by atoms with E-state index in [-0.39, 0.29) is 12.3 Å². The van der Waals surface area contributed by atoms with Crippen LogP contribution in [0.5, 0.6) is 0 Å². The van der Waals surface area contributed by atoms with E-state index >= 15 is 0 Å². The van der Waals surface area contributed by atoms with Gasteiger partial charge >= 0.3 is 5.97 Å². The monoisotopic (exact) mass is 275 g/mol. The van der Waals surface area contributed by atoms with E-state index in [2.05, 4.69) is 10.3 Å². The molecule has 0 fully saturated rings. The minimum atomic E-state index is -1.10. The van der Waals surface area contributed by atoms with Crippen LogP contribution in [0.2, 0.25) is 0 Å². The number of ether oxygens (including phenoxy) is 1. The number of rotatable bonds is 5. The molecule has 0 spiro atoms. The summed E-state index contributed by atoms with van der Waals surface area (Å²) in [6.07, 6.45) is 0. The number of aryl methyl sites for hydroxylation is 2. The zero-order valence-corrected chi connectivity index (χ0v) is 11.8. The standard InChI is InChI=1S/C14H17N3O3/c1-4-20-8-12-13(14(18)19)15-16-17(12)11-6-5-9(2)10(3)7-11/h5-7H,4,8H2,1-3H3,(H,18,19). The summed E-state index contributed by atoms with van der Waals surface area (Å²) in [4.78, 5) is 11.2. The maximum atomic E-state index is 11.2. The third-order valence-corrected chi connectivity index (χ3v) is 3.14. The second kappa shape index (κ2) is 5.83. The molecule has 0 saturated heterocycles. The predicted octanol–water partition coefficient (Wildman–Crippen LogP) is 2.12. The predicted molar refractivity (Wildman–Crippen MR) is 73.1 cm³/mol. The summed E-state index contributed by atoms with van der Waals surface area (Å²) in [5.41, 5.74) is 3.43. The molecule has 1 aromatic carbocycles. The van der Waals surface area contributed by atoms with E-state index in [1.54, 1.807) is 0 Å². The number of carboxylic acid groups (broad SMARTS) is 1. The van der Waals surface area contributed by atoms with Crippen LogP contribution in [0.3, 0.4) is 0 Å². The Morgan fingerprint density at radius 2 is 2.10 bits per heavy atom. The molecule has 6 nitrogen and oxygen atoms in total. The van der Waals surface area contributed by atoms with E-state index in [1.807, 2.05) is 39.0 Å². The van der Waals surface area contributed by atoms with Crippen LogP contribution in [-0.4, -0.2) is 32.7 Å². The first-order valence-electron chi connectivity index (χ1n) is 6.37. The summed E-state index contributed by atoms with van der Waals surface area (Å²) >= 11 is 0. The Balaban J connectivity index is 2.49. The molecule has 0 aliphatic carbocycles. The van der Waals surface area contributed by atoms with Crippen LogP contribution in [0.1, 0.15) is 34.2 Å². The number of hydrogen-bond donors (Lipinski definition) is 1. The van der Waals surface area contributed by atoms with Gasteiger partial charge in [0.1, 0.15) is 5.69 Å². The van der Waals surface area contributed by atoms with Crippen LogP contribution in [0.15, 0.2) is 18.2 Å². The molecule has 1 aromatic heterocycles. The van der Waals surface area contributed by atoms with E-state index < -0.39 is 5.97 Å². The molecule has 0 saturated carbocycles. The highest BCUT2D eigenvalue weighted by atomic mass is 16.5. The minimum absolute atomic E-state index is 0.0725. The van der Waals surface area contributed by atoms with Gasteiger partial charge in [-0.25, -0.2) is 9.48 Å². The second-order valence-electron chi connectivity index (χ2n) is 4.51. The normalized spacial score (nSPS) is 10.8. The maximum Gasteiger partial charge on any atom is 0.358 e. The molecule has 20 heavy (non-hydrogen) atoms. The molecule has 1 heterocycles. The van der Waals surface area contributed by atoms with Crippen molar-refractivity contribution < 1.29 is 14.6 Å². The Hall–Kier alpha value is -2.21. The van der Waals surface area contributed by atoms with Crippen molar-refractivity contribution in [1.29, 1.82) is 0 Å². The largest absolute Gasteiger partial charge is 0.476 e. The van der Waals surface area contributed by atoms with Gasteiger partial charge in [0.05, 0.1) is 12.3 Å². The van der Waals surface area contributed by atoms with Crippen LogP contribution < -0.4 is 0 Å². The summed E-state index contributed by atoms with van der Waals surface area (Å²) in [5, 5.41) is 16.8. The molecular weight excluding hydrogens is 258 g/mol. The highest BCUT2D eigenvalue weighted by molar-refractivity contribution is 5.86. The number of carbonyl (C=O) groups is 1. The van der Waals surface area contributed by atoms with Gasteiger partial charge in [-0.3, -0.25) is 0 Å². The smallest absolute Gasteiger partial charge is 0.358 e. The van der Waals surface area contributed by atoms with Crippen molar-refractivity contribution in [3.63, 3.8) is 0 Å².